The summed E-state index contributed by atoms with van der Waals surface area (Å²) in [5, 5.41) is 2.83. The molecule has 0 aromatic heterocycles. The lowest BCUT2D eigenvalue weighted by Gasteiger charge is -2.12. The molecule has 0 heterocycles. The highest BCUT2D eigenvalue weighted by Crippen LogP contribution is 2.29. The van der Waals surface area contributed by atoms with Crippen LogP contribution in [0.1, 0.15) is 15.9 Å². The second-order valence-electron chi connectivity index (χ2n) is 5.10. The predicted octanol–water partition coefficient (Wildman–Crippen LogP) is 3.99. The first-order chi connectivity index (χ1) is 12.0. The Labute approximate surface area is 149 Å². The average molecular weight is 367 g/mol. The molecule has 0 aliphatic rings. The molecule has 1 N–H and O–H groups in total. The lowest BCUT2D eigenvalue weighted by Crippen LogP contribution is -2.25. The molecule has 0 saturated heterocycles. The summed E-state index contributed by atoms with van der Waals surface area (Å²) in [5.74, 6) is 0.0632. The van der Waals surface area contributed by atoms with Gasteiger partial charge in [0.25, 0.3) is 5.91 Å². The standard InChI is InChI=1S/C18H19F2NO3S/c1-23-16-11-12(3-8-15(16)24-18(19)20)9-10-21-17(22)13-4-6-14(25-2)7-5-13/h3-8,11,18H,9-10H2,1-2H3,(H,21,22). The van der Waals surface area contributed by atoms with Crippen LogP contribution in [-0.4, -0.2) is 32.4 Å². The van der Waals surface area contributed by atoms with Gasteiger partial charge in [-0.25, -0.2) is 0 Å². The first-order valence-corrected chi connectivity index (χ1v) is 8.80. The maximum absolute atomic E-state index is 12.3. The Morgan fingerprint density at radius 1 is 1.16 bits per heavy atom. The lowest BCUT2D eigenvalue weighted by molar-refractivity contribution is -0.0512. The maximum Gasteiger partial charge on any atom is 0.387 e. The Bertz CT molecular complexity index is 708. The minimum absolute atomic E-state index is 0.0147. The zero-order valence-electron chi connectivity index (χ0n) is 13.9. The molecule has 2 aromatic rings. The predicted molar refractivity (Wildman–Crippen MR) is 93.9 cm³/mol. The number of benzene rings is 2. The van der Waals surface area contributed by atoms with Gasteiger partial charge in [-0.15, -0.1) is 11.8 Å². The molecule has 25 heavy (non-hydrogen) atoms. The highest BCUT2D eigenvalue weighted by Gasteiger charge is 2.11. The van der Waals surface area contributed by atoms with Crippen molar-refractivity contribution in [1.29, 1.82) is 0 Å². The number of ether oxygens (including phenoxy) is 2. The van der Waals surface area contributed by atoms with Crippen LogP contribution in [0.5, 0.6) is 11.5 Å². The summed E-state index contributed by atoms with van der Waals surface area (Å²) in [6, 6.07) is 12.1. The van der Waals surface area contributed by atoms with E-state index in [2.05, 4.69) is 10.1 Å². The number of thioether (sulfide) groups is 1. The van der Waals surface area contributed by atoms with Crippen LogP contribution in [0.3, 0.4) is 0 Å². The van der Waals surface area contributed by atoms with E-state index < -0.39 is 6.61 Å². The van der Waals surface area contributed by atoms with Crippen molar-refractivity contribution in [1.82, 2.24) is 5.32 Å². The highest BCUT2D eigenvalue weighted by molar-refractivity contribution is 7.98. The molecule has 0 spiro atoms. The zero-order chi connectivity index (χ0) is 18.2. The Morgan fingerprint density at radius 3 is 2.48 bits per heavy atom. The van der Waals surface area contributed by atoms with Gasteiger partial charge in [-0.1, -0.05) is 6.07 Å². The summed E-state index contributed by atoms with van der Waals surface area (Å²) in [6.07, 6.45) is 2.51. The number of carbonyl (C=O) groups is 1. The van der Waals surface area contributed by atoms with Gasteiger partial charge >= 0.3 is 6.61 Å². The molecule has 0 fully saturated rings. The summed E-state index contributed by atoms with van der Waals surface area (Å²) in [7, 11) is 1.39. The van der Waals surface area contributed by atoms with Crippen LogP contribution in [0, 0.1) is 0 Å². The third kappa shape index (κ3) is 5.63. The quantitative estimate of drug-likeness (QED) is 0.717. The van der Waals surface area contributed by atoms with E-state index in [4.69, 9.17) is 4.74 Å². The number of alkyl halides is 2. The molecule has 0 aliphatic heterocycles. The summed E-state index contributed by atoms with van der Waals surface area (Å²) >= 11 is 1.61. The van der Waals surface area contributed by atoms with E-state index in [-0.39, 0.29) is 17.4 Å². The van der Waals surface area contributed by atoms with Crippen LogP contribution in [0.15, 0.2) is 47.4 Å². The largest absolute Gasteiger partial charge is 0.493 e. The van der Waals surface area contributed by atoms with Crippen molar-refractivity contribution >= 4 is 17.7 Å². The van der Waals surface area contributed by atoms with Crippen LogP contribution in [0.25, 0.3) is 0 Å². The molecule has 7 heteroatoms. The smallest absolute Gasteiger partial charge is 0.387 e. The van der Waals surface area contributed by atoms with Gasteiger partial charge < -0.3 is 14.8 Å². The van der Waals surface area contributed by atoms with Gasteiger partial charge in [0, 0.05) is 17.0 Å². The molecule has 0 radical (unpaired) electrons. The molecule has 0 bridgehead atoms. The van der Waals surface area contributed by atoms with Crippen molar-refractivity contribution in [3.63, 3.8) is 0 Å². The molecular weight excluding hydrogens is 348 g/mol. The third-order valence-corrected chi connectivity index (χ3v) is 4.24. The van der Waals surface area contributed by atoms with Crippen LogP contribution in [0.2, 0.25) is 0 Å². The van der Waals surface area contributed by atoms with Crippen molar-refractivity contribution in [2.45, 2.75) is 17.9 Å². The van der Waals surface area contributed by atoms with E-state index in [0.717, 1.165) is 10.5 Å². The van der Waals surface area contributed by atoms with E-state index in [1.54, 1.807) is 36.0 Å². The number of nitrogens with one attached hydrogen (secondary N) is 1. The van der Waals surface area contributed by atoms with E-state index in [9.17, 15) is 13.6 Å². The van der Waals surface area contributed by atoms with Gasteiger partial charge in [-0.05, 0) is 54.6 Å². The summed E-state index contributed by atoms with van der Waals surface area (Å²) in [6.45, 7) is -2.49. The van der Waals surface area contributed by atoms with Gasteiger partial charge in [0.15, 0.2) is 11.5 Å². The van der Waals surface area contributed by atoms with Gasteiger partial charge in [-0.3, -0.25) is 4.79 Å². The molecule has 0 aliphatic carbocycles. The normalized spacial score (nSPS) is 10.6. The number of halogens is 2. The Hall–Kier alpha value is -2.28. The number of carbonyl (C=O) groups excluding carboxylic acids is 1. The molecule has 2 aromatic carbocycles. The molecule has 2 rings (SSSR count). The zero-order valence-corrected chi connectivity index (χ0v) is 14.7. The monoisotopic (exact) mass is 367 g/mol. The molecule has 0 saturated carbocycles. The van der Waals surface area contributed by atoms with Crippen LogP contribution >= 0.6 is 11.8 Å². The summed E-state index contributed by atoms with van der Waals surface area (Å²) in [5.41, 5.74) is 1.44. The van der Waals surface area contributed by atoms with Gasteiger partial charge in [0.05, 0.1) is 7.11 Å². The van der Waals surface area contributed by atoms with E-state index in [1.165, 1.54) is 13.2 Å². The topological polar surface area (TPSA) is 47.6 Å². The summed E-state index contributed by atoms with van der Waals surface area (Å²) < 4.78 is 34.1. The number of hydrogen-bond acceptors (Lipinski definition) is 4. The Balaban J connectivity index is 1.91. The Morgan fingerprint density at radius 2 is 1.88 bits per heavy atom. The highest BCUT2D eigenvalue weighted by atomic mass is 32.2. The molecular formula is C18H19F2NO3S. The van der Waals surface area contributed by atoms with Crippen molar-refractivity contribution < 1.29 is 23.0 Å². The number of hydrogen-bond donors (Lipinski definition) is 1. The minimum atomic E-state index is -2.91. The van der Waals surface area contributed by atoms with Crippen LogP contribution in [-0.2, 0) is 6.42 Å². The van der Waals surface area contributed by atoms with Crippen molar-refractivity contribution in [2.75, 3.05) is 19.9 Å². The molecule has 4 nitrogen and oxygen atoms in total. The molecule has 0 atom stereocenters. The first kappa shape index (κ1) is 19.1. The van der Waals surface area contributed by atoms with Gasteiger partial charge in [0.2, 0.25) is 0 Å². The first-order valence-electron chi connectivity index (χ1n) is 7.57. The maximum atomic E-state index is 12.3. The fourth-order valence-corrected chi connectivity index (χ4v) is 2.63. The van der Waals surface area contributed by atoms with Gasteiger partial charge in [-0.2, -0.15) is 8.78 Å². The molecule has 134 valence electrons. The fourth-order valence-electron chi connectivity index (χ4n) is 2.23. The van der Waals surface area contributed by atoms with E-state index >= 15 is 0 Å². The summed E-state index contributed by atoms with van der Waals surface area (Å²) in [4.78, 5) is 13.2. The minimum Gasteiger partial charge on any atom is -0.493 e. The van der Waals surface area contributed by atoms with Crippen molar-refractivity contribution in [3.8, 4) is 11.5 Å². The lowest BCUT2D eigenvalue weighted by atomic mass is 10.1. The van der Waals surface area contributed by atoms with Gasteiger partial charge in [0.1, 0.15) is 0 Å². The third-order valence-electron chi connectivity index (χ3n) is 3.50. The van der Waals surface area contributed by atoms with Crippen LogP contribution in [0.4, 0.5) is 8.78 Å². The number of methoxy groups -OCH3 is 1. The SMILES string of the molecule is COc1cc(CCNC(=O)c2ccc(SC)cc2)ccc1OC(F)F. The molecule has 1 amide bonds. The van der Waals surface area contributed by atoms with E-state index in [1.807, 2.05) is 18.4 Å². The fraction of sp³-hybridized carbons (Fsp3) is 0.278. The Kier molecular flexibility index (Phi) is 7.06. The number of amides is 1. The average Bonchev–Trinajstić information content (AvgIpc) is 2.62. The van der Waals surface area contributed by atoms with Crippen LogP contribution < -0.4 is 14.8 Å². The van der Waals surface area contributed by atoms with Crippen molar-refractivity contribution in [3.05, 3.63) is 53.6 Å². The van der Waals surface area contributed by atoms with E-state index in [0.29, 0.717) is 18.5 Å². The molecule has 0 unspecified atom stereocenters. The second-order valence-corrected chi connectivity index (χ2v) is 5.98. The van der Waals surface area contributed by atoms with Crippen molar-refractivity contribution in [2.24, 2.45) is 0 Å². The second kappa shape index (κ2) is 9.27. The number of rotatable bonds is 8.